The SMILES string of the molecule is CCOC(=O)[C@@]1(C)CCCN(C(=O)OCc2ccccc2)C1. The number of carbonyl (C=O) groups excluding carboxylic acids is 2. The zero-order valence-corrected chi connectivity index (χ0v) is 13.2. The van der Waals surface area contributed by atoms with Gasteiger partial charge in [-0.15, -0.1) is 0 Å². The Hall–Kier alpha value is -2.04. The molecule has 2 rings (SSSR count). The van der Waals surface area contributed by atoms with Gasteiger partial charge in [-0.25, -0.2) is 4.79 Å². The number of nitrogens with zero attached hydrogens (tertiary/aromatic N) is 1. The first-order chi connectivity index (χ1) is 10.5. The molecule has 1 aromatic rings. The summed E-state index contributed by atoms with van der Waals surface area (Å²) in [6.07, 6.45) is 1.13. The van der Waals surface area contributed by atoms with Crippen LogP contribution in [0.3, 0.4) is 0 Å². The second-order valence-corrected chi connectivity index (χ2v) is 5.85. The summed E-state index contributed by atoms with van der Waals surface area (Å²) in [6.45, 7) is 5.19. The summed E-state index contributed by atoms with van der Waals surface area (Å²) in [6, 6.07) is 9.54. The molecule has 0 N–H and O–H groups in total. The third-order valence-corrected chi connectivity index (χ3v) is 3.93. The number of amides is 1. The van der Waals surface area contributed by atoms with Crippen LogP contribution in [0, 0.1) is 5.41 Å². The molecular formula is C17H23NO4. The van der Waals surface area contributed by atoms with E-state index in [4.69, 9.17) is 9.47 Å². The molecule has 0 unspecified atom stereocenters. The van der Waals surface area contributed by atoms with E-state index in [1.807, 2.05) is 37.3 Å². The van der Waals surface area contributed by atoms with Gasteiger partial charge >= 0.3 is 12.1 Å². The van der Waals surface area contributed by atoms with Crippen LogP contribution in [0.25, 0.3) is 0 Å². The van der Waals surface area contributed by atoms with Crippen molar-refractivity contribution in [3.05, 3.63) is 35.9 Å². The molecule has 0 radical (unpaired) electrons. The lowest BCUT2D eigenvalue weighted by Gasteiger charge is -2.37. The van der Waals surface area contributed by atoms with Gasteiger partial charge in [0.1, 0.15) is 6.61 Å². The smallest absolute Gasteiger partial charge is 0.410 e. The van der Waals surface area contributed by atoms with Crippen LogP contribution < -0.4 is 0 Å². The van der Waals surface area contributed by atoms with Gasteiger partial charge in [-0.2, -0.15) is 0 Å². The minimum atomic E-state index is -0.639. The third-order valence-electron chi connectivity index (χ3n) is 3.93. The maximum absolute atomic E-state index is 12.2. The largest absolute Gasteiger partial charge is 0.466 e. The zero-order chi connectivity index (χ0) is 16.0. The van der Waals surface area contributed by atoms with E-state index in [2.05, 4.69) is 0 Å². The molecule has 1 aliphatic rings. The van der Waals surface area contributed by atoms with Gasteiger partial charge in [0.05, 0.1) is 12.0 Å². The standard InChI is InChI=1S/C17H23NO4/c1-3-21-15(19)17(2)10-7-11-18(13-17)16(20)22-12-14-8-5-4-6-9-14/h4-6,8-9H,3,7,10-13H2,1-2H3/t17-/m0/s1. The van der Waals surface area contributed by atoms with Gasteiger partial charge in [-0.05, 0) is 32.3 Å². The Labute approximate surface area is 131 Å². The van der Waals surface area contributed by atoms with E-state index in [0.717, 1.165) is 18.4 Å². The predicted molar refractivity (Wildman–Crippen MR) is 82.2 cm³/mol. The second-order valence-electron chi connectivity index (χ2n) is 5.85. The average Bonchev–Trinajstić information content (AvgIpc) is 2.54. The normalized spacial score (nSPS) is 21.3. The number of likely N-dealkylation sites (tertiary alicyclic amines) is 1. The molecule has 1 amide bonds. The molecule has 1 saturated heterocycles. The number of ether oxygens (including phenoxy) is 2. The first kappa shape index (κ1) is 16.3. The van der Waals surface area contributed by atoms with E-state index in [1.165, 1.54) is 0 Å². The van der Waals surface area contributed by atoms with Crippen molar-refractivity contribution in [2.24, 2.45) is 5.41 Å². The molecule has 1 fully saturated rings. The molecule has 1 heterocycles. The molecule has 1 aliphatic heterocycles. The maximum atomic E-state index is 12.2. The molecule has 120 valence electrons. The maximum Gasteiger partial charge on any atom is 0.410 e. The summed E-state index contributed by atoms with van der Waals surface area (Å²) in [5.74, 6) is -0.240. The molecule has 0 aliphatic carbocycles. The number of esters is 1. The molecule has 22 heavy (non-hydrogen) atoms. The van der Waals surface area contributed by atoms with Crippen molar-refractivity contribution in [1.29, 1.82) is 0 Å². The summed E-state index contributed by atoms with van der Waals surface area (Å²) in [4.78, 5) is 25.9. The Balaban J connectivity index is 1.91. The van der Waals surface area contributed by atoms with Gasteiger partial charge < -0.3 is 14.4 Å². The monoisotopic (exact) mass is 305 g/mol. The van der Waals surface area contributed by atoms with Crippen LogP contribution in [0.4, 0.5) is 4.79 Å². The van der Waals surface area contributed by atoms with E-state index in [1.54, 1.807) is 11.8 Å². The Morgan fingerprint density at radius 2 is 1.95 bits per heavy atom. The van der Waals surface area contributed by atoms with Crippen molar-refractivity contribution in [1.82, 2.24) is 4.90 Å². The molecule has 5 nitrogen and oxygen atoms in total. The van der Waals surface area contributed by atoms with Crippen molar-refractivity contribution in [3.63, 3.8) is 0 Å². The van der Waals surface area contributed by atoms with Crippen molar-refractivity contribution >= 4 is 12.1 Å². The molecule has 0 aromatic heterocycles. The van der Waals surface area contributed by atoms with Gasteiger partial charge in [0.15, 0.2) is 0 Å². The van der Waals surface area contributed by atoms with Crippen LogP contribution in [0.1, 0.15) is 32.3 Å². The first-order valence-corrected chi connectivity index (χ1v) is 7.68. The van der Waals surface area contributed by atoms with Gasteiger partial charge in [0.25, 0.3) is 0 Å². The van der Waals surface area contributed by atoms with Crippen LogP contribution in [-0.2, 0) is 20.9 Å². The average molecular weight is 305 g/mol. The number of hydrogen-bond donors (Lipinski definition) is 0. The van der Waals surface area contributed by atoms with Crippen LogP contribution >= 0.6 is 0 Å². The van der Waals surface area contributed by atoms with Crippen LogP contribution in [0.2, 0.25) is 0 Å². The molecule has 5 heteroatoms. The molecule has 0 spiro atoms. The second kappa shape index (κ2) is 7.29. The number of piperidine rings is 1. The van der Waals surface area contributed by atoms with E-state index in [-0.39, 0.29) is 18.7 Å². The van der Waals surface area contributed by atoms with E-state index < -0.39 is 5.41 Å². The van der Waals surface area contributed by atoms with Gasteiger partial charge in [0.2, 0.25) is 0 Å². The van der Waals surface area contributed by atoms with Crippen LogP contribution in [0.5, 0.6) is 0 Å². The Kier molecular flexibility index (Phi) is 5.41. The number of rotatable bonds is 4. The fourth-order valence-electron chi connectivity index (χ4n) is 2.68. The highest BCUT2D eigenvalue weighted by Gasteiger charge is 2.41. The minimum absolute atomic E-state index is 0.240. The Morgan fingerprint density at radius 3 is 2.64 bits per heavy atom. The number of carbonyl (C=O) groups is 2. The predicted octanol–water partition coefficient (Wildman–Crippen LogP) is 2.99. The Morgan fingerprint density at radius 1 is 1.23 bits per heavy atom. The lowest BCUT2D eigenvalue weighted by molar-refractivity contribution is -0.157. The van der Waals surface area contributed by atoms with Crippen molar-refractivity contribution in [2.45, 2.75) is 33.3 Å². The van der Waals surface area contributed by atoms with Crippen LogP contribution in [0.15, 0.2) is 30.3 Å². The lowest BCUT2D eigenvalue weighted by Crippen LogP contribution is -2.49. The third kappa shape index (κ3) is 4.00. The highest BCUT2D eigenvalue weighted by Crippen LogP contribution is 2.31. The number of benzene rings is 1. The molecule has 0 saturated carbocycles. The molecule has 0 bridgehead atoms. The highest BCUT2D eigenvalue weighted by atomic mass is 16.6. The summed E-state index contributed by atoms with van der Waals surface area (Å²) >= 11 is 0. The molecule has 1 atom stereocenters. The summed E-state index contributed by atoms with van der Waals surface area (Å²) in [7, 11) is 0. The summed E-state index contributed by atoms with van der Waals surface area (Å²) in [5.41, 5.74) is 0.307. The molecule has 1 aromatic carbocycles. The first-order valence-electron chi connectivity index (χ1n) is 7.68. The Bertz CT molecular complexity index is 517. The van der Waals surface area contributed by atoms with E-state index in [0.29, 0.717) is 19.7 Å². The topological polar surface area (TPSA) is 55.8 Å². The quantitative estimate of drug-likeness (QED) is 0.802. The van der Waals surface area contributed by atoms with Gasteiger partial charge in [-0.3, -0.25) is 4.79 Å². The summed E-state index contributed by atoms with van der Waals surface area (Å²) < 4.78 is 10.5. The lowest BCUT2D eigenvalue weighted by atomic mass is 9.82. The van der Waals surface area contributed by atoms with Crippen molar-refractivity contribution in [3.8, 4) is 0 Å². The van der Waals surface area contributed by atoms with Gasteiger partial charge in [0, 0.05) is 13.1 Å². The fourth-order valence-corrected chi connectivity index (χ4v) is 2.68. The van der Waals surface area contributed by atoms with Gasteiger partial charge in [-0.1, -0.05) is 30.3 Å². The highest BCUT2D eigenvalue weighted by molar-refractivity contribution is 5.78. The fraction of sp³-hybridized carbons (Fsp3) is 0.529. The van der Waals surface area contributed by atoms with Crippen molar-refractivity contribution in [2.75, 3.05) is 19.7 Å². The van der Waals surface area contributed by atoms with E-state index in [9.17, 15) is 9.59 Å². The molecular weight excluding hydrogens is 282 g/mol. The minimum Gasteiger partial charge on any atom is -0.466 e. The van der Waals surface area contributed by atoms with Crippen LogP contribution in [-0.4, -0.2) is 36.7 Å². The van der Waals surface area contributed by atoms with E-state index >= 15 is 0 Å². The zero-order valence-electron chi connectivity index (χ0n) is 13.2. The number of hydrogen-bond acceptors (Lipinski definition) is 4. The van der Waals surface area contributed by atoms with Crippen molar-refractivity contribution < 1.29 is 19.1 Å². The summed E-state index contributed by atoms with van der Waals surface area (Å²) in [5, 5.41) is 0.